The summed E-state index contributed by atoms with van der Waals surface area (Å²) in [6.07, 6.45) is 0. The van der Waals surface area contributed by atoms with E-state index in [1.165, 1.54) is 12.1 Å². The topological polar surface area (TPSA) is 75.8 Å². The van der Waals surface area contributed by atoms with E-state index in [2.05, 4.69) is 5.32 Å². The van der Waals surface area contributed by atoms with Gasteiger partial charge in [-0.15, -0.1) is 0 Å². The van der Waals surface area contributed by atoms with E-state index in [4.69, 9.17) is 4.74 Å². The van der Waals surface area contributed by atoms with Gasteiger partial charge in [-0.05, 0) is 42.0 Å². The molecule has 0 spiro atoms. The van der Waals surface area contributed by atoms with E-state index in [-0.39, 0.29) is 5.56 Å². The first kappa shape index (κ1) is 21.6. The van der Waals surface area contributed by atoms with Crippen molar-refractivity contribution >= 4 is 23.2 Å². The number of para-hydroxylation sites is 1. The zero-order chi connectivity index (χ0) is 22.9. The van der Waals surface area contributed by atoms with E-state index in [0.29, 0.717) is 11.3 Å². The van der Waals surface area contributed by atoms with Crippen molar-refractivity contribution < 1.29 is 23.5 Å². The molecule has 2 atom stereocenters. The maximum Gasteiger partial charge on any atom is 0.268 e. The zero-order valence-corrected chi connectivity index (χ0v) is 17.7. The number of epoxide rings is 1. The number of hydrogen-bond acceptors (Lipinski definition) is 4. The minimum absolute atomic E-state index is 0.140. The second kappa shape index (κ2) is 8.13. The standard InChI is InChI=1S/C26H22FNO4/c1-17(2)22(29)26(24(31)28-21-11-7-4-8-12-21)25(32-26,19-9-5-3-6-10-19)23(30)18-13-15-20(27)16-14-18/h3-17H,1-2H3,(H,28,31)/t25-,26-/m1/s1. The molecule has 1 saturated heterocycles. The fraction of sp³-hybridized carbons (Fsp3) is 0.192. The molecule has 32 heavy (non-hydrogen) atoms. The molecule has 5 nitrogen and oxygen atoms in total. The summed E-state index contributed by atoms with van der Waals surface area (Å²) in [7, 11) is 0. The molecule has 0 bridgehead atoms. The highest BCUT2D eigenvalue weighted by atomic mass is 19.1. The lowest BCUT2D eigenvalue weighted by Crippen LogP contribution is -2.48. The highest BCUT2D eigenvalue weighted by Gasteiger charge is 2.83. The molecule has 1 fully saturated rings. The Balaban J connectivity index is 1.87. The van der Waals surface area contributed by atoms with Crippen LogP contribution >= 0.6 is 0 Å². The lowest BCUT2D eigenvalue weighted by Gasteiger charge is -2.20. The van der Waals surface area contributed by atoms with Crippen LogP contribution in [0.2, 0.25) is 0 Å². The van der Waals surface area contributed by atoms with E-state index >= 15 is 0 Å². The van der Waals surface area contributed by atoms with Gasteiger partial charge in [-0.2, -0.15) is 0 Å². The first-order valence-electron chi connectivity index (χ1n) is 10.3. The summed E-state index contributed by atoms with van der Waals surface area (Å²) in [6, 6.07) is 22.1. The summed E-state index contributed by atoms with van der Waals surface area (Å²) in [5.41, 5.74) is -2.91. The van der Waals surface area contributed by atoms with Gasteiger partial charge in [0, 0.05) is 17.2 Å². The normalized spacial score (nSPS) is 21.8. The Morgan fingerprint density at radius 3 is 1.97 bits per heavy atom. The average Bonchev–Trinajstić information content (AvgIpc) is 3.52. The quantitative estimate of drug-likeness (QED) is 0.339. The predicted octanol–water partition coefficient (Wildman–Crippen LogP) is 4.54. The number of ether oxygens (including phenoxy) is 1. The molecule has 1 amide bonds. The Bertz CT molecular complexity index is 1160. The van der Waals surface area contributed by atoms with Crippen LogP contribution in [0, 0.1) is 11.7 Å². The van der Waals surface area contributed by atoms with Crippen molar-refractivity contribution in [3.05, 3.63) is 102 Å². The van der Waals surface area contributed by atoms with Gasteiger partial charge >= 0.3 is 0 Å². The van der Waals surface area contributed by atoms with Crippen LogP contribution in [0.5, 0.6) is 0 Å². The van der Waals surface area contributed by atoms with Gasteiger partial charge in [0.05, 0.1) is 0 Å². The summed E-state index contributed by atoms with van der Waals surface area (Å²) >= 11 is 0. The SMILES string of the molecule is CC(C)C(=O)[C@]1(C(=O)Nc2ccccc2)O[C@@]1(C(=O)c1ccc(F)cc1)c1ccccc1. The van der Waals surface area contributed by atoms with Crippen LogP contribution in [0.3, 0.4) is 0 Å². The van der Waals surface area contributed by atoms with E-state index in [9.17, 15) is 18.8 Å². The van der Waals surface area contributed by atoms with Crippen LogP contribution in [0.25, 0.3) is 0 Å². The van der Waals surface area contributed by atoms with Crippen molar-refractivity contribution in [2.24, 2.45) is 5.92 Å². The van der Waals surface area contributed by atoms with Crippen molar-refractivity contribution in [3.8, 4) is 0 Å². The fourth-order valence-corrected chi connectivity index (χ4v) is 3.97. The van der Waals surface area contributed by atoms with Crippen LogP contribution < -0.4 is 5.32 Å². The average molecular weight is 431 g/mol. The molecule has 0 aliphatic carbocycles. The number of carbonyl (C=O) groups is 3. The number of rotatable bonds is 7. The van der Waals surface area contributed by atoms with E-state index < -0.39 is 40.4 Å². The highest BCUT2D eigenvalue weighted by molar-refractivity contribution is 6.26. The maximum atomic E-state index is 13.8. The minimum Gasteiger partial charge on any atom is -0.330 e. The third-order valence-corrected chi connectivity index (χ3v) is 5.59. The number of ketones is 2. The molecule has 3 aromatic rings. The van der Waals surface area contributed by atoms with Gasteiger partial charge in [0.1, 0.15) is 5.82 Å². The van der Waals surface area contributed by atoms with Gasteiger partial charge in [-0.3, -0.25) is 14.4 Å². The van der Waals surface area contributed by atoms with Crippen LogP contribution in [0.1, 0.15) is 29.8 Å². The first-order chi connectivity index (χ1) is 15.3. The Labute approximate surface area is 185 Å². The molecular weight excluding hydrogens is 409 g/mol. The fourth-order valence-electron chi connectivity index (χ4n) is 3.97. The molecule has 162 valence electrons. The lowest BCUT2D eigenvalue weighted by molar-refractivity contribution is -0.135. The molecule has 1 aliphatic rings. The van der Waals surface area contributed by atoms with Gasteiger partial charge in [-0.1, -0.05) is 62.4 Å². The molecule has 6 heteroatoms. The second-order valence-electron chi connectivity index (χ2n) is 8.01. The molecule has 1 heterocycles. The van der Waals surface area contributed by atoms with Crippen LogP contribution in [0.4, 0.5) is 10.1 Å². The lowest BCUT2D eigenvalue weighted by atomic mass is 9.75. The largest absolute Gasteiger partial charge is 0.330 e. The molecule has 1 N–H and O–H groups in total. The van der Waals surface area contributed by atoms with Gasteiger partial charge < -0.3 is 10.1 Å². The van der Waals surface area contributed by atoms with Crippen molar-refractivity contribution in [1.29, 1.82) is 0 Å². The number of halogens is 1. The Morgan fingerprint density at radius 2 is 1.41 bits per heavy atom. The Kier molecular flexibility index (Phi) is 5.48. The third-order valence-electron chi connectivity index (χ3n) is 5.59. The van der Waals surface area contributed by atoms with Gasteiger partial charge in [0.25, 0.3) is 5.91 Å². The molecule has 0 aromatic heterocycles. The maximum absolute atomic E-state index is 13.8. The molecule has 0 radical (unpaired) electrons. The molecular formula is C26H22FNO4. The number of nitrogens with one attached hydrogen (secondary N) is 1. The van der Waals surface area contributed by atoms with Crippen molar-refractivity contribution in [3.63, 3.8) is 0 Å². The van der Waals surface area contributed by atoms with E-state index in [1.807, 2.05) is 0 Å². The number of hydrogen-bond donors (Lipinski definition) is 1. The van der Waals surface area contributed by atoms with Crippen LogP contribution in [0.15, 0.2) is 84.9 Å². The first-order valence-corrected chi connectivity index (χ1v) is 10.3. The Hall–Kier alpha value is -3.64. The minimum atomic E-state index is -2.05. The van der Waals surface area contributed by atoms with Crippen molar-refractivity contribution in [1.82, 2.24) is 0 Å². The van der Waals surface area contributed by atoms with Crippen molar-refractivity contribution in [2.45, 2.75) is 25.0 Å². The Morgan fingerprint density at radius 1 is 0.844 bits per heavy atom. The number of carbonyl (C=O) groups excluding carboxylic acids is 3. The van der Waals surface area contributed by atoms with E-state index in [1.54, 1.807) is 74.5 Å². The summed E-state index contributed by atoms with van der Waals surface area (Å²) in [6.45, 7) is 3.30. The van der Waals surface area contributed by atoms with Gasteiger partial charge in [0.15, 0.2) is 5.78 Å². The third kappa shape index (κ3) is 3.33. The number of benzene rings is 3. The molecule has 0 unspecified atom stereocenters. The molecule has 4 rings (SSSR count). The number of anilines is 1. The van der Waals surface area contributed by atoms with E-state index in [0.717, 1.165) is 12.1 Å². The monoisotopic (exact) mass is 431 g/mol. The molecule has 1 aliphatic heterocycles. The summed E-state index contributed by atoms with van der Waals surface area (Å²) in [4.78, 5) is 40.8. The van der Waals surface area contributed by atoms with Gasteiger partial charge in [0.2, 0.25) is 17.0 Å². The van der Waals surface area contributed by atoms with Crippen LogP contribution in [-0.4, -0.2) is 23.1 Å². The summed E-state index contributed by atoms with van der Waals surface area (Å²) in [5, 5.41) is 2.72. The number of amides is 1. The van der Waals surface area contributed by atoms with Gasteiger partial charge in [-0.25, -0.2) is 4.39 Å². The smallest absolute Gasteiger partial charge is 0.268 e. The van der Waals surface area contributed by atoms with Crippen molar-refractivity contribution in [2.75, 3.05) is 5.32 Å². The predicted molar refractivity (Wildman–Crippen MR) is 118 cm³/mol. The zero-order valence-electron chi connectivity index (χ0n) is 17.7. The number of Topliss-reactive ketones (excluding diaryl/α,β-unsaturated/α-hetero) is 2. The van der Waals surface area contributed by atoms with Crippen LogP contribution in [-0.2, 0) is 19.9 Å². The molecule has 3 aromatic carbocycles. The summed E-state index contributed by atoms with van der Waals surface area (Å²) in [5.74, 6) is -2.89. The highest BCUT2D eigenvalue weighted by Crippen LogP contribution is 2.59. The summed E-state index contributed by atoms with van der Waals surface area (Å²) < 4.78 is 19.5. The second-order valence-corrected chi connectivity index (χ2v) is 8.01. The molecule has 0 saturated carbocycles.